The Morgan fingerprint density at radius 3 is 2.73 bits per heavy atom. The molecule has 0 radical (unpaired) electrons. The number of aryl methyl sites for hydroxylation is 3. The molecule has 33 heavy (non-hydrogen) atoms. The van der Waals surface area contributed by atoms with Gasteiger partial charge in [0.25, 0.3) is 0 Å². The van der Waals surface area contributed by atoms with Crippen molar-refractivity contribution in [2.75, 3.05) is 27.8 Å². The van der Waals surface area contributed by atoms with Crippen molar-refractivity contribution in [1.29, 1.82) is 0 Å². The number of carbonyl (C=O) groups is 3. The summed E-state index contributed by atoms with van der Waals surface area (Å²) in [6.45, 7) is 6.06. The molecule has 2 aromatic heterocycles. The maximum absolute atomic E-state index is 12.7. The number of thioether (sulfide) groups is 1. The predicted octanol–water partition coefficient (Wildman–Crippen LogP) is 3.17. The summed E-state index contributed by atoms with van der Waals surface area (Å²) in [4.78, 5) is 38.8. The third kappa shape index (κ3) is 5.57. The van der Waals surface area contributed by atoms with E-state index in [1.807, 2.05) is 32.0 Å². The average molecular weight is 487 g/mol. The zero-order valence-corrected chi connectivity index (χ0v) is 19.9. The van der Waals surface area contributed by atoms with Crippen LogP contribution >= 0.6 is 23.1 Å². The highest BCUT2D eigenvalue weighted by atomic mass is 32.2. The first kappa shape index (κ1) is 22.9. The van der Waals surface area contributed by atoms with Gasteiger partial charge in [-0.2, -0.15) is 0 Å². The molecule has 3 aromatic rings. The summed E-state index contributed by atoms with van der Waals surface area (Å²) in [6, 6.07) is 7.45. The van der Waals surface area contributed by atoms with Crippen LogP contribution in [0, 0.1) is 26.7 Å². The van der Waals surface area contributed by atoms with E-state index in [2.05, 4.69) is 26.0 Å². The van der Waals surface area contributed by atoms with Crippen LogP contribution in [-0.2, 0) is 14.4 Å². The van der Waals surface area contributed by atoms with Crippen molar-refractivity contribution in [1.82, 2.24) is 15.4 Å². The summed E-state index contributed by atoms with van der Waals surface area (Å²) in [7, 11) is 0. The van der Waals surface area contributed by atoms with Gasteiger partial charge in [-0.15, -0.1) is 10.2 Å². The number of aromatic nitrogens is 3. The van der Waals surface area contributed by atoms with Gasteiger partial charge in [0.15, 0.2) is 10.2 Å². The fourth-order valence-corrected chi connectivity index (χ4v) is 4.84. The van der Waals surface area contributed by atoms with Gasteiger partial charge in [-0.05, 0) is 44.0 Å². The summed E-state index contributed by atoms with van der Waals surface area (Å²) in [6.07, 6.45) is 0.140. The van der Waals surface area contributed by atoms with E-state index in [0.717, 1.165) is 16.8 Å². The van der Waals surface area contributed by atoms with Crippen LogP contribution in [0.1, 0.15) is 23.3 Å². The van der Waals surface area contributed by atoms with Crippen LogP contribution in [0.25, 0.3) is 0 Å². The van der Waals surface area contributed by atoms with Crippen LogP contribution in [0.5, 0.6) is 0 Å². The van der Waals surface area contributed by atoms with Gasteiger partial charge in [-0.1, -0.05) is 34.3 Å². The van der Waals surface area contributed by atoms with Gasteiger partial charge in [-0.3, -0.25) is 14.4 Å². The van der Waals surface area contributed by atoms with Gasteiger partial charge in [0.1, 0.15) is 5.76 Å². The molecule has 2 N–H and O–H groups in total. The molecule has 1 aliphatic rings. The second kappa shape index (κ2) is 9.71. The Balaban J connectivity index is 1.29. The van der Waals surface area contributed by atoms with Gasteiger partial charge < -0.3 is 20.1 Å². The minimum absolute atomic E-state index is 0.0831. The Morgan fingerprint density at radius 2 is 2.00 bits per heavy atom. The number of rotatable bonds is 7. The standard InChI is InChI=1S/C21H22N6O4S2/c1-11-4-5-15(6-12(11)2)27-9-14(8-18(27)29)19(30)23-20-24-25-21(33-20)32-10-17(28)22-16-7-13(3)31-26-16/h4-7,14H,8-10H2,1-3H3,(H,22,26,28)(H,23,24,30)/t14-/m1/s1. The van der Waals surface area contributed by atoms with Crippen molar-refractivity contribution in [3.63, 3.8) is 0 Å². The molecule has 3 amide bonds. The Kier molecular flexibility index (Phi) is 6.75. The monoisotopic (exact) mass is 486 g/mol. The number of nitrogens with zero attached hydrogens (tertiary/aromatic N) is 4. The number of carbonyl (C=O) groups excluding carboxylic acids is 3. The van der Waals surface area contributed by atoms with E-state index in [1.54, 1.807) is 17.9 Å². The second-order valence-corrected chi connectivity index (χ2v) is 9.90. The molecular formula is C21H22N6O4S2. The number of amides is 3. The molecule has 0 aliphatic carbocycles. The lowest BCUT2D eigenvalue weighted by Gasteiger charge is -2.17. The SMILES string of the molecule is Cc1cc(NC(=O)CSc2nnc(NC(=O)[C@@H]3CC(=O)N(c4ccc(C)c(C)c4)C3)s2)no1. The summed E-state index contributed by atoms with van der Waals surface area (Å²) in [5.74, 6) is -0.0355. The molecule has 3 heterocycles. The normalized spacial score (nSPS) is 15.7. The number of benzene rings is 1. The molecule has 1 fully saturated rings. The van der Waals surface area contributed by atoms with Gasteiger partial charge in [-0.25, -0.2) is 0 Å². The summed E-state index contributed by atoms with van der Waals surface area (Å²) < 4.78 is 5.44. The van der Waals surface area contributed by atoms with Crippen molar-refractivity contribution in [2.45, 2.75) is 31.5 Å². The average Bonchev–Trinajstić information content (AvgIpc) is 3.49. The zero-order valence-electron chi connectivity index (χ0n) is 18.2. The lowest BCUT2D eigenvalue weighted by molar-refractivity contribution is -0.122. The quantitative estimate of drug-likeness (QED) is 0.385. The highest BCUT2D eigenvalue weighted by Crippen LogP contribution is 2.29. The molecular weight excluding hydrogens is 464 g/mol. The topological polar surface area (TPSA) is 130 Å². The smallest absolute Gasteiger partial charge is 0.236 e. The Bertz CT molecular complexity index is 1210. The van der Waals surface area contributed by atoms with Crippen molar-refractivity contribution < 1.29 is 18.9 Å². The summed E-state index contributed by atoms with van der Waals surface area (Å²) in [5, 5.41) is 17.4. The molecule has 4 rings (SSSR count). The van der Waals surface area contributed by atoms with Crippen LogP contribution < -0.4 is 15.5 Å². The van der Waals surface area contributed by atoms with Crippen LogP contribution in [0.15, 0.2) is 33.1 Å². The highest BCUT2D eigenvalue weighted by molar-refractivity contribution is 8.01. The number of nitrogens with one attached hydrogen (secondary N) is 2. The van der Waals surface area contributed by atoms with Crippen LogP contribution in [0.3, 0.4) is 0 Å². The van der Waals surface area contributed by atoms with Crippen LogP contribution in [0.4, 0.5) is 16.6 Å². The van der Waals surface area contributed by atoms with E-state index in [9.17, 15) is 14.4 Å². The van der Waals surface area contributed by atoms with Crippen molar-refractivity contribution in [3.8, 4) is 0 Å². The molecule has 1 aromatic carbocycles. The first-order valence-corrected chi connectivity index (χ1v) is 12.0. The molecule has 0 saturated carbocycles. The lowest BCUT2D eigenvalue weighted by Crippen LogP contribution is -2.28. The fraction of sp³-hybridized carbons (Fsp3) is 0.333. The number of hydrogen-bond acceptors (Lipinski definition) is 9. The van der Waals surface area contributed by atoms with E-state index < -0.39 is 5.92 Å². The van der Waals surface area contributed by atoms with Crippen LogP contribution in [0.2, 0.25) is 0 Å². The second-order valence-electron chi connectivity index (χ2n) is 7.70. The Hall–Kier alpha value is -3.25. The minimum Gasteiger partial charge on any atom is -0.360 e. The van der Waals surface area contributed by atoms with Gasteiger partial charge >= 0.3 is 0 Å². The minimum atomic E-state index is -0.476. The number of hydrogen-bond donors (Lipinski definition) is 2. The van der Waals surface area contributed by atoms with Gasteiger partial charge in [0, 0.05) is 24.7 Å². The van der Waals surface area contributed by atoms with Gasteiger partial charge in [0.05, 0.1) is 11.7 Å². The highest BCUT2D eigenvalue weighted by Gasteiger charge is 2.35. The zero-order chi connectivity index (χ0) is 23.5. The molecule has 1 saturated heterocycles. The fourth-order valence-electron chi connectivity index (χ4n) is 3.28. The maximum Gasteiger partial charge on any atom is 0.236 e. The van der Waals surface area contributed by atoms with E-state index in [1.165, 1.54) is 23.1 Å². The van der Waals surface area contributed by atoms with Crippen molar-refractivity contribution in [2.24, 2.45) is 5.92 Å². The third-order valence-corrected chi connectivity index (χ3v) is 7.13. The van der Waals surface area contributed by atoms with Crippen molar-refractivity contribution in [3.05, 3.63) is 41.2 Å². The van der Waals surface area contributed by atoms with E-state index >= 15 is 0 Å². The Morgan fingerprint density at radius 1 is 1.18 bits per heavy atom. The molecule has 172 valence electrons. The molecule has 1 atom stereocenters. The molecule has 12 heteroatoms. The molecule has 0 bridgehead atoms. The summed E-state index contributed by atoms with van der Waals surface area (Å²) in [5.41, 5.74) is 3.04. The van der Waals surface area contributed by atoms with Gasteiger partial charge in [0.2, 0.25) is 22.9 Å². The molecule has 1 aliphatic heterocycles. The van der Waals surface area contributed by atoms with E-state index in [4.69, 9.17) is 4.52 Å². The maximum atomic E-state index is 12.7. The molecule has 10 nitrogen and oxygen atoms in total. The third-order valence-electron chi connectivity index (χ3n) is 5.16. The van der Waals surface area contributed by atoms with E-state index in [0.29, 0.717) is 27.6 Å². The first-order valence-electron chi connectivity index (χ1n) is 10.2. The molecule has 0 unspecified atom stereocenters. The Labute approximate surface area is 198 Å². The first-order chi connectivity index (χ1) is 15.8. The van der Waals surface area contributed by atoms with Crippen molar-refractivity contribution >= 4 is 57.5 Å². The van der Waals surface area contributed by atoms with Crippen LogP contribution in [-0.4, -0.2) is 45.4 Å². The van der Waals surface area contributed by atoms with E-state index in [-0.39, 0.29) is 29.9 Å². The lowest BCUT2D eigenvalue weighted by atomic mass is 10.1. The molecule has 0 spiro atoms. The summed E-state index contributed by atoms with van der Waals surface area (Å²) >= 11 is 2.37. The predicted molar refractivity (Wildman–Crippen MR) is 126 cm³/mol. The number of anilines is 3. The largest absolute Gasteiger partial charge is 0.360 e.